The smallest absolute Gasteiger partial charge is 0.414 e. The summed E-state index contributed by atoms with van der Waals surface area (Å²) in [6.07, 6.45) is -0.809. The quantitative estimate of drug-likeness (QED) is 0.498. The minimum Gasteiger partial charge on any atom is -0.444 e. The van der Waals surface area contributed by atoms with Crippen molar-refractivity contribution in [3.8, 4) is 0 Å². The Hall–Kier alpha value is -2.24. The number of cyclic esters (lactones) is 1. The van der Waals surface area contributed by atoms with Crippen molar-refractivity contribution in [2.24, 2.45) is 10.8 Å². The molecule has 0 aliphatic carbocycles. The Labute approximate surface area is 104 Å². The van der Waals surface area contributed by atoms with E-state index in [4.69, 9.17) is 16.0 Å². The van der Waals surface area contributed by atoms with E-state index in [9.17, 15) is 4.79 Å². The second kappa shape index (κ2) is 5.39. The molecule has 2 N–H and O–H groups in total. The van der Waals surface area contributed by atoms with Crippen LogP contribution in [0.3, 0.4) is 0 Å². The lowest BCUT2D eigenvalue weighted by Crippen LogP contribution is -2.25. The SMILES string of the molecule is [N-]=[N+]=NC[C@H]1CN(c2ccc(CN)cc2)C(=O)O1. The van der Waals surface area contributed by atoms with Gasteiger partial charge in [0.05, 0.1) is 13.1 Å². The number of ether oxygens (including phenoxy) is 1. The number of nitrogens with zero attached hydrogens (tertiary/aromatic N) is 4. The Morgan fingerprint density at radius 2 is 2.22 bits per heavy atom. The lowest BCUT2D eigenvalue weighted by atomic mass is 10.2. The first-order chi connectivity index (χ1) is 8.74. The number of hydrogen-bond donors (Lipinski definition) is 1. The Morgan fingerprint density at radius 1 is 1.50 bits per heavy atom. The number of rotatable bonds is 4. The summed E-state index contributed by atoms with van der Waals surface area (Å²) in [6.45, 7) is 1.00. The van der Waals surface area contributed by atoms with Gasteiger partial charge in [0, 0.05) is 17.1 Å². The summed E-state index contributed by atoms with van der Waals surface area (Å²) in [5.41, 5.74) is 15.5. The molecule has 1 atom stereocenters. The zero-order chi connectivity index (χ0) is 13.0. The third kappa shape index (κ3) is 2.53. The third-order valence-electron chi connectivity index (χ3n) is 2.71. The van der Waals surface area contributed by atoms with E-state index >= 15 is 0 Å². The first-order valence-electron chi connectivity index (χ1n) is 5.52. The molecule has 7 nitrogen and oxygen atoms in total. The molecule has 2 rings (SSSR count). The highest BCUT2D eigenvalue weighted by Gasteiger charge is 2.31. The average Bonchev–Trinajstić information content (AvgIpc) is 2.78. The second-order valence-corrected chi connectivity index (χ2v) is 3.90. The monoisotopic (exact) mass is 247 g/mol. The number of nitrogens with two attached hydrogens (primary N) is 1. The van der Waals surface area contributed by atoms with Gasteiger partial charge in [-0.15, -0.1) is 0 Å². The van der Waals surface area contributed by atoms with Crippen LogP contribution in [0.15, 0.2) is 29.4 Å². The van der Waals surface area contributed by atoms with Crippen molar-refractivity contribution in [2.45, 2.75) is 12.6 Å². The molecule has 0 aromatic heterocycles. The van der Waals surface area contributed by atoms with Crippen LogP contribution in [-0.2, 0) is 11.3 Å². The highest BCUT2D eigenvalue weighted by molar-refractivity contribution is 5.89. The molecule has 94 valence electrons. The molecule has 1 heterocycles. The molecule has 1 aromatic carbocycles. The van der Waals surface area contributed by atoms with Gasteiger partial charge in [-0.1, -0.05) is 17.2 Å². The van der Waals surface area contributed by atoms with Crippen molar-refractivity contribution in [1.82, 2.24) is 0 Å². The molecule has 0 spiro atoms. The number of azide groups is 1. The molecular formula is C11H13N5O2. The molecule has 1 aromatic rings. The van der Waals surface area contributed by atoms with Crippen molar-refractivity contribution in [2.75, 3.05) is 18.0 Å². The van der Waals surface area contributed by atoms with Crippen LogP contribution in [0.4, 0.5) is 10.5 Å². The van der Waals surface area contributed by atoms with E-state index < -0.39 is 6.09 Å². The van der Waals surface area contributed by atoms with Gasteiger partial charge in [0.1, 0.15) is 6.10 Å². The summed E-state index contributed by atoms with van der Waals surface area (Å²) in [5, 5.41) is 3.40. The largest absolute Gasteiger partial charge is 0.444 e. The van der Waals surface area contributed by atoms with Crippen LogP contribution in [-0.4, -0.2) is 25.3 Å². The summed E-state index contributed by atoms with van der Waals surface area (Å²) in [7, 11) is 0. The van der Waals surface area contributed by atoms with Crippen LogP contribution in [0.1, 0.15) is 5.56 Å². The third-order valence-corrected chi connectivity index (χ3v) is 2.71. The normalized spacial score (nSPS) is 18.4. The number of amides is 1. The molecular weight excluding hydrogens is 234 g/mol. The fourth-order valence-corrected chi connectivity index (χ4v) is 1.77. The Balaban J connectivity index is 2.08. The zero-order valence-electron chi connectivity index (χ0n) is 9.69. The van der Waals surface area contributed by atoms with Gasteiger partial charge in [0.25, 0.3) is 0 Å². The van der Waals surface area contributed by atoms with Gasteiger partial charge in [0.15, 0.2) is 0 Å². The molecule has 1 aliphatic heterocycles. The molecule has 1 fully saturated rings. The Kier molecular flexibility index (Phi) is 3.66. The van der Waals surface area contributed by atoms with E-state index in [0.717, 1.165) is 11.3 Å². The molecule has 0 radical (unpaired) electrons. The standard InChI is InChI=1S/C11H13N5O2/c12-5-8-1-3-9(4-2-8)16-7-10(6-14-15-13)18-11(16)17/h1-4,10H,5-7,12H2/t10-/m0/s1. The second-order valence-electron chi connectivity index (χ2n) is 3.90. The van der Waals surface area contributed by atoms with E-state index in [1.165, 1.54) is 4.90 Å². The predicted molar refractivity (Wildman–Crippen MR) is 66.0 cm³/mol. The van der Waals surface area contributed by atoms with Gasteiger partial charge in [-0.25, -0.2) is 4.79 Å². The van der Waals surface area contributed by atoms with Gasteiger partial charge < -0.3 is 10.5 Å². The molecule has 0 bridgehead atoms. The van der Waals surface area contributed by atoms with Gasteiger partial charge >= 0.3 is 6.09 Å². The van der Waals surface area contributed by atoms with Crippen LogP contribution < -0.4 is 10.6 Å². The van der Waals surface area contributed by atoms with Gasteiger partial charge in [-0.3, -0.25) is 4.90 Å². The Morgan fingerprint density at radius 3 is 2.83 bits per heavy atom. The maximum atomic E-state index is 11.6. The lowest BCUT2D eigenvalue weighted by Gasteiger charge is -2.12. The molecule has 1 saturated heterocycles. The number of anilines is 1. The van der Waals surface area contributed by atoms with Gasteiger partial charge in [-0.05, 0) is 23.2 Å². The molecule has 0 unspecified atom stereocenters. The summed E-state index contributed by atoms with van der Waals surface area (Å²) < 4.78 is 5.08. The van der Waals surface area contributed by atoms with Gasteiger partial charge in [-0.2, -0.15) is 0 Å². The lowest BCUT2D eigenvalue weighted by molar-refractivity contribution is 0.145. The molecule has 0 saturated carbocycles. The van der Waals surface area contributed by atoms with Crippen LogP contribution in [0.5, 0.6) is 0 Å². The maximum absolute atomic E-state index is 11.6. The first-order valence-corrected chi connectivity index (χ1v) is 5.52. The van der Waals surface area contributed by atoms with E-state index in [1.54, 1.807) is 0 Å². The minimum atomic E-state index is -0.423. The Bertz CT molecular complexity index is 481. The minimum absolute atomic E-state index is 0.152. The van der Waals surface area contributed by atoms with Crippen molar-refractivity contribution in [3.05, 3.63) is 40.3 Å². The predicted octanol–water partition coefficient (Wildman–Crippen LogP) is 1.78. The van der Waals surface area contributed by atoms with E-state index in [0.29, 0.717) is 13.1 Å². The molecule has 7 heteroatoms. The van der Waals surface area contributed by atoms with Gasteiger partial charge in [0.2, 0.25) is 0 Å². The number of hydrogen-bond acceptors (Lipinski definition) is 4. The highest BCUT2D eigenvalue weighted by Crippen LogP contribution is 2.22. The van der Waals surface area contributed by atoms with E-state index in [-0.39, 0.29) is 12.6 Å². The maximum Gasteiger partial charge on any atom is 0.414 e. The van der Waals surface area contributed by atoms with Crippen molar-refractivity contribution in [3.63, 3.8) is 0 Å². The number of carbonyl (C=O) groups excluding carboxylic acids is 1. The van der Waals surface area contributed by atoms with E-state index in [2.05, 4.69) is 10.0 Å². The van der Waals surface area contributed by atoms with Crippen LogP contribution in [0.2, 0.25) is 0 Å². The number of benzene rings is 1. The van der Waals surface area contributed by atoms with Crippen molar-refractivity contribution in [1.29, 1.82) is 0 Å². The first kappa shape index (κ1) is 12.2. The topological polar surface area (TPSA) is 104 Å². The highest BCUT2D eigenvalue weighted by atomic mass is 16.6. The zero-order valence-corrected chi connectivity index (χ0v) is 9.69. The molecule has 1 amide bonds. The van der Waals surface area contributed by atoms with Crippen LogP contribution >= 0.6 is 0 Å². The van der Waals surface area contributed by atoms with Crippen molar-refractivity contribution < 1.29 is 9.53 Å². The van der Waals surface area contributed by atoms with Crippen LogP contribution in [0, 0.1) is 0 Å². The summed E-state index contributed by atoms with van der Waals surface area (Å²) in [4.78, 5) is 15.8. The fourth-order valence-electron chi connectivity index (χ4n) is 1.77. The summed E-state index contributed by atoms with van der Waals surface area (Å²) in [5.74, 6) is 0. The van der Waals surface area contributed by atoms with E-state index in [1.807, 2.05) is 24.3 Å². The average molecular weight is 247 g/mol. The van der Waals surface area contributed by atoms with Crippen LogP contribution in [0.25, 0.3) is 10.4 Å². The molecule has 1 aliphatic rings. The molecule has 18 heavy (non-hydrogen) atoms. The van der Waals surface area contributed by atoms with Crippen molar-refractivity contribution >= 4 is 11.8 Å². The number of carbonyl (C=O) groups is 1. The fraction of sp³-hybridized carbons (Fsp3) is 0.364. The summed E-state index contributed by atoms with van der Waals surface area (Å²) in [6, 6.07) is 7.37. The summed E-state index contributed by atoms with van der Waals surface area (Å²) >= 11 is 0.